The summed E-state index contributed by atoms with van der Waals surface area (Å²) in [7, 11) is 0. The lowest BCUT2D eigenvalue weighted by molar-refractivity contribution is 0.102. The molecular formula is C18H19N3O2. The number of anilines is 1. The Morgan fingerprint density at radius 1 is 1.22 bits per heavy atom. The van der Waals surface area contributed by atoms with Gasteiger partial charge in [-0.1, -0.05) is 13.3 Å². The number of aromatic nitrogens is 2. The number of benzene rings is 1. The number of rotatable bonds is 4. The molecule has 1 amide bonds. The molecule has 0 saturated heterocycles. The molecule has 0 atom stereocenters. The van der Waals surface area contributed by atoms with E-state index in [1.165, 1.54) is 0 Å². The van der Waals surface area contributed by atoms with E-state index in [0.717, 1.165) is 29.4 Å². The third-order valence-electron chi connectivity index (χ3n) is 3.87. The van der Waals surface area contributed by atoms with E-state index < -0.39 is 0 Å². The van der Waals surface area contributed by atoms with E-state index in [0.29, 0.717) is 16.8 Å². The Morgan fingerprint density at radius 3 is 2.83 bits per heavy atom. The summed E-state index contributed by atoms with van der Waals surface area (Å²) in [6, 6.07) is 9.07. The van der Waals surface area contributed by atoms with Crippen LogP contribution in [-0.2, 0) is 6.42 Å². The molecular weight excluding hydrogens is 290 g/mol. The van der Waals surface area contributed by atoms with Gasteiger partial charge in [0.1, 0.15) is 0 Å². The van der Waals surface area contributed by atoms with Crippen molar-refractivity contribution in [3.63, 3.8) is 0 Å². The maximum atomic E-state index is 12.4. The molecule has 0 radical (unpaired) electrons. The molecule has 0 saturated carbocycles. The zero-order chi connectivity index (χ0) is 16.4. The van der Waals surface area contributed by atoms with Crippen molar-refractivity contribution in [2.24, 2.45) is 0 Å². The van der Waals surface area contributed by atoms with Gasteiger partial charge in [0, 0.05) is 34.0 Å². The third kappa shape index (κ3) is 3.04. The smallest absolute Gasteiger partial charge is 0.257 e. The Balaban J connectivity index is 1.89. The van der Waals surface area contributed by atoms with Crippen LogP contribution in [0.1, 0.15) is 35.0 Å². The summed E-state index contributed by atoms with van der Waals surface area (Å²) in [6.45, 7) is 3.84. The van der Waals surface area contributed by atoms with E-state index >= 15 is 0 Å². The molecule has 3 aromatic rings. The first kappa shape index (κ1) is 15.1. The maximum absolute atomic E-state index is 12.4. The molecule has 0 unspecified atom stereocenters. The predicted octanol–water partition coefficient (Wildman–Crippen LogP) is 3.37. The first-order chi connectivity index (χ1) is 11.1. The molecule has 1 aromatic carbocycles. The van der Waals surface area contributed by atoms with Crippen LogP contribution in [-0.4, -0.2) is 15.9 Å². The quantitative estimate of drug-likeness (QED) is 0.691. The molecule has 0 aliphatic heterocycles. The van der Waals surface area contributed by atoms with Gasteiger partial charge in [-0.25, -0.2) is 0 Å². The fourth-order valence-electron chi connectivity index (χ4n) is 2.67. The molecule has 2 heterocycles. The van der Waals surface area contributed by atoms with Crippen molar-refractivity contribution in [1.29, 1.82) is 0 Å². The van der Waals surface area contributed by atoms with Gasteiger partial charge in [0.05, 0.1) is 5.56 Å². The standard InChI is InChI=1S/C18H19N3O2/c1-3-4-16-14(7-8-19-16)18(23)20-13-5-6-15-12(10-13)9-11(2)17(22)21-15/h5-10,19H,3-4H2,1-2H3,(H,20,23)(H,21,22). The number of fused-ring (bicyclic) bond motifs is 1. The summed E-state index contributed by atoms with van der Waals surface area (Å²) in [5.74, 6) is -0.129. The monoisotopic (exact) mass is 309 g/mol. The second-order valence-corrected chi connectivity index (χ2v) is 5.66. The van der Waals surface area contributed by atoms with Crippen LogP contribution in [0.25, 0.3) is 10.9 Å². The summed E-state index contributed by atoms with van der Waals surface area (Å²) in [6.07, 6.45) is 3.60. The highest BCUT2D eigenvalue weighted by Crippen LogP contribution is 2.19. The highest BCUT2D eigenvalue weighted by Gasteiger charge is 2.12. The molecule has 23 heavy (non-hydrogen) atoms. The van der Waals surface area contributed by atoms with Gasteiger partial charge in [0.15, 0.2) is 0 Å². The Bertz CT molecular complexity index is 921. The minimum Gasteiger partial charge on any atom is -0.364 e. The van der Waals surface area contributed by atoms with Gasteiger partial charge in [0.25, 0.3) is 11.5 Å². The molecule has 5 nitrogen and oxygen atoms in total. The van der Waals surface area contributed by atoms with Crippen molar-refractivity contribution < 1.29 is 4.79 Å². The average Bonchev–Trinajstić information content (AvgIpc) is 2.97. The van der Waals surface area contributed by atoms with Crippen LogP contribution in [0, 0.1) is 6.92 Å². The summed E-state index contributed by atoms with van der Waals surface area (Å²) < 4.78 is 0. The number of H-pyrrole nitrogens is 2. The molecule has 3 rings (SSSR count). The summed E-state index contributed by atoms with van der Waals surface area (Å²) >= 11 is 0. The molecule has 2 aromatic heterocycles. The molecule has 0 aliphatic rings. The summed E-state index contributed by atoms with van der Waals surface area (Å²) in [4.78, 5) is 30.0. The van der Waals surface area contributed by atoms with E-state index in [4.69, 9.17) is 0 Å². The Labute approximate surface area is 133 Å². The zero-order valence-electron chi connectivity index (χ0n) is 13.2. The SMILES string of the molecule is CCCc1[nH]ccc1C(=O)Nc1ccc2[nH]c(=O)c(C)cc2c1. The third-order valence-corrected chi connectivity index (χ3v) is 3.87. The van der Waals surface area contributed by atoms with Crippen molar-refractivity contribution in [2.45, 2.75) is 26.7 Å². The van der Waals surface area contributed by atoms with Crippen LogP contribution in [0.15, 0.2) is 41.3 Å². The Morgan fingerprint density at radius 2 is 2.04 bits per heavy atom. The van der Waals surface area contributed by atoms with Gasteiger partial charge < -0.3 is 15.3 Å². The number of nitrogens with one attached hydrogen (secondary N) is 3. The van der Waals surface area contributed by atoms with Gasteiger partial charge in [-0.15, -0.1) is 0 Å². The summed E-state index contributed by atoms with van der Waals surface area (Å²) in [5.41, 5.74) is 3.64. The van der Waals surface area contributed by atoms with E-state index in [1.807, 2.05) is 12.1 Å². The van der Waals surface area contributed by atoms with E-state index in [1.54, 1.807) is 31.3 Å². The largest absolute Gasteiger partial charge is 0.364 e. The van der Waals surface area contributed by atoms with Crippen LogP contribution in [0.4, 0.5) is 5.69 Å². The average molecular weight is 309 g/mol. The van der Waals surface area contributed by atoms with E-state index in [9.17, 15) is 9.59 Å². The van der Waals surface area contributed by atoms with Crippen LogP contribution in [0.5, 0.6) is 0 Å². The summed E-state index contributed by atoms with van der Waals surface area (Å²) in [5, 5.41) is 3.81. The van der Waals surface area contributed by atoms with Crippen LogP contribution in [0.2, 0.25) is 0 Å². The van der Waals surface area contributed by atoms with Crippen molar-refractivity contribution in [2.75, 3.05) is 5.32 Å². The molecule has 118 valence electrons. The van der Waals surface area contributed by atoms with Gasteiger partial charge in [-0.3, -0.25) is 9.59 Å². The van der Waals surface area contributed by atoms with Gasteiger partial charge >= 0.3 is 0 Å². The minimum atomic E-state index is -0.129. The number of aromatic amines is 2. The number of carbonyl (C=O) groups excluding carboxylic acids is 1. The zero-order valence-corrected chi connectivity index (χ0v) is 13.2. The van der Waals surface area contributed by atoms with Crippen molar-refractivity contribution >= 4 is 22.5 Å². The second kappa shape index (κ2) is 6.12. The number of hydrogen-bond acceptors (Lipinski definition) is 2. The lowest BCUT2D eigenvalue weighted by Gasteiger charge is -2.08. The number of aryl methyl sites for hydroxylation is 2. The number of pyridine rings is 1. The molecule has 3 N–H and O–H groups in total. The van der Waals surface area contributed by atoms with Gasteiger partial charge in [-0.2, -0.15) is 0 Å². The van der Waals surface area contributed by atoms with Crippen LogP contribution >= 0.6 is 0 Å². The Kier molecular flexibility index (Phi) is 4.02. The van der Waals surface area contributed by atoms with Gasteiger partial charge in [0.2, 0.25) is 0 Å². The minimum absolute atomic E-state index is 0.0918. The number of carbonyl (C=O) groups is 1. The Hall–Kier alpha value is -2.82. The van der Waals surface area contributed by atoms with Gasteiger partial charge in [-0.05, 0) is 43.7 Å². The van der Waals surface area contributed by atoms with Crippen molar-refractivity contribution in [1.82, 2.24) is 9.97 Å². The molecule has 0 aliphatic carbocycles. The van der Waals surface area contributed by atoms with Crippen LogP contribution in [0.3, 0.4) is 0 Å². The predicted molar refractivity (Wildman–Crippen MR) is 92.0 cm³/mol. The van der Waals surface area contributed by atoms with Crippen molar-refractivity contribution in [3.8, 4) is 0 Å². The topological polar surface area (TPSA) is 77.8 Å². The lowest BCUT2D eigenvalue weighted by atomic mass is 10.1. The maximum Gasteiger partial charge on any atom is 0.257 e. The number of amides is 1. The molecule has 5 heteroatoms. The fraction of sp³-hybridized carbons (Fsp3) is 0.222. The highest BCUT2D eigenvalue weighted by molar-refractivity contribution is 6.05. The van der Waals surface area contributed by atoms with Crippen molar-refractivity contribution in [3.05, 3.63) is 63.7 Å². The number of hydrogen-bond donors (Lipinski definition) is 3. The lowest BCUT2D eigenvalue weighted by Crippen LogP contribution is -2.13. The fourth-order valence-corrected chi connectivity index (χ4v) is 2.67. The molecule has 0 spiro atoms. The highest BCUT2D eigenvalue weighted by atomic mass is 16.1. The first-order valence-electron chi connectivity index (χ1n) is 7.69. The van der Waals surface area contributed by atoms with Crippen LogP contribution < -0.4 is 10.9 Å². The molecule has 0 bridgehead atoms. The second-order valence-electron chi connectivity index (χ2n) is 5.66. The van der Waals surface area contributed by atoms with E-state index in [2.05, 4.69) is 22.2 Å². The normalized spacial score (nSPS) is 10.9. The molecule has 0 fully saturated rings. The first-order valence-corrected chi connectivity index (χ1v) is 7.69. The van der Waals surface area contributed by atoms with E-state index in [-0.39, 0.29) is 11.5 Å².